The Morgan fingerprint density at radius 1 is 1.02 bits per heavy atom. The summed E-state index contributed by atoms with van der Waals surface area (Å²) in [6.45, 7) is 11.5. The van der Waals surface area contributed by atoms with Crippen molar-refractivity contribution in [3.05, 3.63) is 35.9 Å². The van der Waals surface area contributed by atoms with Gasteiger partial charge in [0.2, 0.25) is 0 Å². The quantitative estimate of drug-likeness (QED) is 0.172. The first-order valence-corrected chi connectivity index (χ1v) is 16.0. The lowest BCUT2D eigenvalue weighted by Crippen LogP contribution is -2.51. The summed E-state index contributed by atoms with van der Waals surface area (Å²) >= 11 is 0. The van der Waals surface area contributed by atoms with E-state index in [1.54, 1.807) is 4.90 Å². The second kappa shape index (κ2) is 15.7. The second-order valence-electron chi connectivity index (χ2n) is 13.4. The average Bonchev–Trinajstić information content (AvgIpc) is 3.20. The number of benzene rings is 1. The lowest BCUT2D eigenvalue weighted by molar-refractivity contribution is -0.168. The summed E-state index contributed by atoms with van der Waals surface area (Å²) in [5.74, 6) is -0.289. The number of esters is 2. The van der Waals surface area contributed by atoms with E-state index in [0.717, 1.165) is 44.1 Å². The van der Waals surface area contributed by atoms with Crippen molar-refractivity contribution >= 4 is 18.0 Å². The van der Waals surface area contributed by atoms with Crippen molar-refractivity contribution in [2.75, 3.05) is 0 Å². The summed E-state index contributed by atoms with van der Waals surface area (Å²) in [5, 5.41) is 0. The van der Waals surface area contributed by atoms with Gasteiger partial charge in [-0.3, -0.25) is 9.69 Å². The molecule has 0 bridgehead atoms. The molecule has 3 atom stereocenters. The normalized spacial score (nSPS) is 21.5. The van der Waals surface area contributed by atoms with Crippen LogP contribution in [0.4, 0.5) is 4.79 Å². The van der Waals surface area contributed by atoms with Crippen LogP contribution in [-0.4, -0.2) is 52.5 Å². The Hall–Kier alpha value is -2.61. The molecule has 0 N–H and O–H groups in total. The minimum Gasteiger partial charge on any atom is -0.461 e. The van der Waals surface area contributed by atoms with E-state index in [4.69, 9.17) is 18.9 Å². The molecule has 1 aromatic carbocycles. The Morgan fingerprint density at radius 3 is 2.33 bits per heavy atom. The highest BCUT2D eigenvalue weighted by Gasteiger charge is 2.55. The summed E-state index contributed by atoms with van der Waals surface area (Å²) in [7, 11) is 0. The minimum atomic E-state index is -1.02. The van der Waals surface area contributed by atoms with Crippen LogP contribution in [0, 0.1) is 5.92 Å². The Kier molecular flexibility index (Phi) is 12.7. The highest BCUT2D eigenvalue weighted by Crippen LogP contribution is 2.40. The van der Waals surface area contributed by atoms with Gasteiger partial charge in [-0.15, -0.1) is 0 Å². The summed E-state index contributed by atoms with van der Waals surface area (Å²) < 4.78 is 23.6. The molecule has 1 aliphatic heterocycles. The molecule has 0 aromatic heterocycles. The first kappa shape index (κ1) is 33.9. The van der Waals surface area contributed by atoms with E-state index in [2.05, 4.69) is 6.92 Å². The fourth-order valence-electron chi connectivity index (χ4n) is 6.06. The maximum atomic E-state index is 13.8. The summed E-state index contributed by atoms with van der Waals surface area (Å²) in [6, 6.07) is 9.13. The monoisotopic (exact) mass is 587 g/mol. The molecule has 1 unspecified atom stereocenters. The first-order chi connectivity index (χ1) is 19.9. The van der Waals surface area contributed by atoms with Crippen LogP contribution in [0.25, 0.3) is 0 Å². The minimum absolute atomic E-state index is 0.249. The third-order valence-corrected chi connectivity index (χ3v) is 8.11. The number of amides is 1. The predicted octanol–water partition coefficient (Wildman–Crippen LogP) is 7.71. The number of carbonyl (C=O) groups is 3. The highest BCUT2D eigenvalue weighted by atomic mass is 16.6. The Balaban J connectivity index is 1.66. The molecule has 1 amide bonds. The van der Waals surface area contributed by atoms with Crippen molar-refractivity contribution in [1.82, 2.24) is 4.90 Å². The van der Waals surface area contributed by atoms with Gasteiger partial charge in [-0.05, 0) is 71.8 Å². The smallest absolute Gasteiger partial charge is 0.412 e. The van der Waals surface area contributed by atoms with E-state index in [1.807, 2.05) is 65.0 Å². The molecule has 8 heteroatoms. The lowest BCUT2D eigenvalue weighted by Gasteiger charge is -2.36. The van der Waals surface area contributed by atoms with Crippen molar-refractivity contribution in [3.63, 3.8) is 0 Å². The van der Waals surface area contributed by atoms with Gasteiger partial charge in [0, 0.05) is 6.42 Å². The number of hydrogen-bond acceptors (Lipinski definition) is 7. The number of carbonyl (C=O) groups excluding carboxylic acids is 3. The van der Waals surface area contributed by atoms with Crippen LogP contribution in [0.2, 0.25) is 0 Å². The maximum Gasteiger partial charge on any atom is 0.412 e. The van der Waals surface area contributed by atoms with Gasteiger partial charge >= 0.3 is 18.0 Å². The third-order valence-electron chi connectivity index (χ3n) is 8.11. The van der Waals surface area contributed by atoms with Crippen LogP contribution in [0.1, 0.15) is 124 Å². The van der Waals surface area contributed by atoms with E-state index in [0.29, 0.717) is 31.6 Å². The van der Waals surface area contributed by atoms with Crippen LogP contribution in [0.15, 0.2) is 30.3 Å². The standard InChI is InChI=1S/C34H53NO7/c1-7-8-20-27(21-15-22-29(36)39-24-26-18-13-10-14-19-26)40-31(37)30-28(23-25-16-11-9-12-17-25)35(34(5,6)41-30)32(38)42-33(2,3)4/h10,13-14,18-19,25,27-28,30H,7-9,11-12,15-17,20-24H2,1-6H3/t27?,28-,30+/m0/s1. The number of hydrogen-bond donors (Lipinski definition) is 0. The molecule has 1 heterocycles. The predicted molar refractivity (Wildman–Crippen MR) is 161 cm³/mol. The van der Waals surface area contributed by atoms with Gasteiger partial charge in [-0.25, -0.2) is 9.59 Å². The van der Waals surface area contributed by atoms with Gasteiger partial charge < -0.3 is 18.9 Å². The van der Waals surface area contributed by atoms with Crippen LogP contribution >= 0.6 is 0 Å². The Labute approximate surface area is 252 Å². The summed E-state index contributed by atoms with van der Waals surface area (Å²) in [6.07, 6.45) is 8.65. The van der Waals surface area contributed by atoms with Gasteiger partial charge in [0.05, 0.1) is 6.04 Å². The first-order valence-electron chi connectivity index (χ1n) is 16.0. The Morgan fingerprint density at radius 2 is 1.69 bits per heavy atom. The molecule has 2 aliphatic rings. The number of nitrogens with zero attached hydrogens (tertiary/aromatic N) is 1. The van der Waals surface area contributed by atoms with Crippen LogP contribution in [0.5, 0.6) is 0 Å². The largest absolute Gasteiger partial charge is 0.461 e. The van der Waals surface area contributed by atoms with E-state index in [9.17, 15) is 14.4 Å². The molecule has 1 saturated carbocycles. The van der Waals surface area contributed by atoms with Crippen molar-refractivity contribution in [1.29, 1.82) is 0 Å². The number of unbranched alkanes of at least 4 members (excludes halogenated alkanes) is 1. The molecule has 8 nitrogen and oxygen atoms in total. The van der Waals surface area contributed by atoms with Gasteiger partial charge in [0.15, 0.2) is 6.10 Å². The zero-order chi connectivity index (χ0) is 30.8. The zero-order valence-electron chi connectivity index (χ0n) is 26.7. The van der Waals surface area contributed by atoms with Crippen molar-refractivity contribution in [3.8, 4) is 0 Å². The summed E-state index contributed by atoms with van der Waals surface area (Å²) in [4.78, 5) is 41.2. The van der Waals surface area contributed by atoms with Crippen LogP contribution in [0.3, 0.4) is 0 Å². The molecule has 0 spiro atoms. The molecule has 1 saturated heterocycles. The van der Waals surface area contributed by atoms with E-state index < -0.39 is 35.5 Å². The zero-order valence-corrected chi connectivity index (χ0v) is 26.7. The van der Waals surface area contributed by atoms with Crippen molar-refractivity contribution in [2.45, 2.75) is 155 Å². The second-order valence-corrected chi connectivity index (χ2v) is 13.4. The molecule has 1 aliphatic carbocycles. The SMILES string of the molecule is CCCCC(CCCC(=O)OCc1ccccc1)OC(=O)[C@@H]1OC(C)(C)N(C(=O)OC(C)(C)C)[C@H]1CC1CCCCC1. The fourth-order valence-corrected chi connectivity index (χ4v) is 6.06. The van der Waals surface area contributed by atoms with Crippen molar-refractivity contribution < 1.29 is 33.3 Å². The van der Waals surface area contributed by atoms with Gasteiger partial charge in [-0.2, -0.15) is 0 Å². The summed E-state index contributed by atoms with van der Waals surface area (Å²) in [5.41, 5.74) is -0.746. The molecule has 0 radical (unpaired) electrons. The van der Waals surface area contributed by atoms with Gasteiger partial charge in [0.1, 0.15) is 24.0 Å². The van der Waals surface area contributed by atoms with Gasteiger partial charge in [0.25, 0.3) is 0 Å². The molecule has 1 aromatic rings. The third kappa shape index (κ3) is 10.6. The van der Waals surface area contributed by atoms with Crippen LogP contribution < -0.4 is 0 Å². The molecule has 3 rings (SSSR count). The Bertz CT molecular complexity index is 997. The number of rotatable bonds is 13. The lowest BCUT2D eigenvalue weighted by atomic mass is 9.83. The van der Waals surface area contributed by atoms with E-state index in [-0.39, 0.29) is 25.1 Å². The molecular formula is C34H53NO7. The maximum absolute atomic E-state index is 13.8. The molecule has 42 heavy (non-hydrogen) atoms. The highest BCUT2D eigenvalue weighted by molar-refractivity contribution is 5.79. The van der Waals surface area contributed by atoms with Gasteiger partial charge in [-0.1, -0.05) is 82.2 Å². The van der Waals surface area contributed by atoms with E-state index in [1.165, 1.54) is 6.42 Å². The average molecular weight is 588 g/mol. The molecule has 236 valence electrons. The topological polar surface area (TPSA) is 91.4 Å². The number of ether oxygens (including phenoxy) is 4. The van der Waals surface area contributed by atoms with Crippen LogP contribution in [-0.2, 0) is 35.1 Å². The van der Waals surface area contributed by atoms with E-state index >= 15 is 0 Å². The molecular weight excluding hydrogens is 534 g/mol. The van der Waals surface area contributed by atoms with Crippen molar-refractivity contribution in [2.24, 2.45) is 5.92 Å². The fraction of sp³-hybridized carbons (Fsp3) is 0.735. The molecule has 2 fully saturated rings.